The number of hydrogen-bond acceptors (Lipinski definition) is 5. The van der Waals surface area contributed by atoms with Crippen molar-refractivity contribution in [1.82, 2.24) is 25.3 Å². The number of nitrogens with zero attached hydrogens (tertiary/aromatic N) is 4. The first kappa shape index (κ1) is 18.9. The van der Waals surface area contributed by atoms with Crippen LogP contribution in [0.3, 0.4) is 0 Å². The van der Waals surface area contributed by atoms with Gasteiger partial charge < -0.3 is 14.7 Å². The van der Waals surface area contributed by atoms with E-state index in [1.165, 1.54) is 12.1 Å². The van der Waals surface area contributed by atoms with Gasteiger partial charge in [0.2, 0.25) is 5.89 Å². The maximum atomic E-state index is 13.0. The van der Waals surface area contributed by atoms with Gasteiger partial charge in [-0.1, -0.05) is 17.3 Å². The van der Waals surface area contributed by atoms with Crippen LogP contribution in [0, 0.1) is 18.2 Å². The Bertz CT molecular complexity index is 829. The smallest absolute Gasteiger partial charge is 0.317 e. The summed E-state index contributed by atoms with van der Waals surface area (Å²) in [5, 5.41) is 7.04. The molecule has 4 rings (SSSR count). The minimum Gasteiger partial charge on any atom is -0.340 e. The predicted octanol–water partition coefficient (Wildman–Crippen LogP) is 2.89. The summed E-state index contributed by atoms with van der Waals surface area (Å²) in [6.45, 7) is 4.67. The zero-order valence-electron chi connectivity index (χ0n) is 16.3. The van der Waals surface area contributed by atoms with E-state index in [0.717, 1.165) is 50.3 Å². The van der Waals surface area contributed by atoms with Gasteiger partial charge in [0.15, 0.2) is 5.82 Å². The third-order valence-corrected chi connectivity index (χ3v) is 6.05. The fourth-order valence-electron chi connectivity index (χ4n) is 4.45. The van der Waals surface area contributed by atoms with Gasteiger partial charge >= 0.3 is 6.03 Å². The fraction of sp³-hybridized carbons (Fsp3) is 0.550. The molecule has 150 valence electrons. The number of aryl methyl sites for hydroxylation is 1. The summed E-state index contributed by atoms with van der Waals surface area (Å²) in [6.07, 6.45) is 2.93. The van der Waals surface area contributed by atoms with Gasteiger partial charge in [0, 0.05) is 33.1 Å². The minimum absolute atomic E-state index is 0.0594. The molecule has 0 radical (unpaired) electrons. The van der Waals surface area contributed by atoms with E-state index in [1.807, 2.05) is 11.8 Å². The Morgan fingerprint density at radius 2 is 2.04 bits per heavy atom. The van der Waals surface area contributed by atoms with Crippen molar-refractivity contribution in [2.75, 3.05) is 26.7 Å². The zero-order valence-corrected chi connectivity index (χ0v) is 16.3. The van der Waals surface area contributed by atoms with Crippen LogP contribution in [0.4, 0.5) is 9.18 Å². The molecule has 2 aliphatic rings. The number of aromatic nitrogens is 2. The first-order valence-corrected chi connectivity index (χ1v) is 9.72. The summed E-state index contributed by atoms with van der Waals surface area (Å²) in [7, 11) is 2.10. The third kappa shape index (κ3) is 3.87. The Labute approximate surface area is 163 Å². The van der Waals surface area contributed by atoms with E-state index in [4.69, 9.17) is 4.52 Å². The van der Waals surface area contributed by atoms with E-state index in [0.29, 0.717) is 12.4 Å². The van der Waals surface area contributed by atoms with Crippen LogP contribution in [0.2, 0.25) is 0 Å². The van der Waals surface area contributed by atoms with Crippen molar-refractivity contribution in [2.24, 2.45) is 5.41 Å². The molecule has 0 saturated carbocycles. The molecule has 2 amide bonds. The first-order valence-electron chi connectivity index (χ1n) is 9.72. The Kier molecular flexibility index (Phi) is 5.05. The molecule has 0 aliphatic carbocycles. The number of urea groups is 1. The van der Waals surface area contributed by atoms with Gasteiger partial charge in [-0.25, -0.2) is 9.18 Å². The van der Waals surface area contributed by atoms with Crippen LogP contribution in [-0.2, 0) is 6.54 Å². The highest BCUT2D eigenvalue weighted by atomic mass is 19.1. The van der Waals surface area contributed by atoms with Gasteiger partial charge in [0.25, 0.3) is 0 Å². The molecule has 1 unspecified atom stereocenters. The van der Waals surface area contributed by atoms with Crippen LogP contribution in [0.5, 0.6) is 0 Å². The molecule has 7 nitrogen and oxygen atoms in total. The largest absolute Gasteiger partial charge is 0.340 e. The normalized spacial score (nSPS) is 22.0. The van der Waals surface area contributed by atoms with Crippen LogP contribution in [0.25, 0.3) is 0 Å². The molecular formula is C20H26FN5O2. The van der Waals surface area contributed by atoms with E-state index in [9.17, 15) is 9.18 Å². The lowest BCUT2D eigenvalue weighted by atomic mass is 9.76. The molecule has 2 fully saturated rings. The maximum Gasteiger partial charge on any atom is 0.317 e. The van der Waals surface area contributed by atoms with E-state index in [1.54, 1.807) is 12.1 Å². The molecule has 1 aromatic carbocycles. The van der Waals surface area contributed by atoms with Crippen molar-refractivity contribution in [3.63, 3.8) is 0 Å². The molecule has 1 N–H and O–H groups in total. The SMILES string of the molecule is Cc1nc(C2CC3(CCN(C(=O)NCc4ccc(F)cc4)CC3)CN2C)no1. The van der Waals surface area contributed by atoms with Crippen LogP contribution in [0.15, 0.2) is 28.8 Å². The first-order chi connectivity index (χ1) is 13.4. The summed E-state index contributed by atoms with van der Waals surface area (Å²) in [4.78, 5) is 21.1. The lowest BCUT2D eigenvalue weighted by Crippen LogP contribution is -2.47. The number of benzene rings is 1. The number of carbonyl (C=O) groups is 1. The average Bonchev–Trinajstić information content (AvgIpc) is 3.25. The van der Waals surface area contributed by atoms with Gasteiger partial charge in [-0.2, -0.15) is 4.98 Å². The van der Waals surface area contributed by atoms with Crippen molar-refractivity contribution < 1.29 is 13.7 Å². The number of piperidine rings is 1. The number of likely N-dealkylation sites (tertiary alicyclic amines) is 2. The summed E-state index contributed by atoms with van der Waals surface area (Å²) in [5.41, 5.74) is 1.08. The molecular weight excluding hydrogens is 361 g/mol. The van der Waals surface area contributed by atoms with Crippen molar-refractivity contribution >= 4 is 6.03 Å². The van der Waals surface area contributed by atoms with Crippen LogP contribution in [0.1, 0.15) is 42.6 Å². The second-order valence-electron chi connectivity index (χ2n) is 8.08. The van der Waals surface area contributed by atoms with Gasteiger partial charge in [0.05, 0.1) is 6.04 Å². The van der Waals surface area contributed by atoms with E-state index >= 15 is 0 Å². The standard InChI is InChI=1S/C20H26FN5O2/c1-14-23-18(24-28-14)17-11-20(13-25(17)2)7-9-26(10-8-20)19(27)22-12-15-3-5-16(21)6-4-15/h3-6,17H,7-13H2,1-2H3,(H,22,27). The van der Waals surface area contributed by atoms with Crippen LogP contribution >= 0.6 is 0 Å². The summed E-state index contributed by atoms with van der Waals surface area (Å²) < 4.78 is 18.1. The van der Waals surface area contributed by atoms with Gasteiger partial charge in [-0.15, -0.1) is 0 Å². The van der Waals surface area contributed by atoms with Gasteiger partial charge in [-0.3, -0.25) is 4.90 Å². The van der Waals surface area contributed by atoms with E-state index in [-0.39, 0.29) is 23.3 Å². The molecule has 8 heteroatoms. The summed E-state index contributed by atoms with van der Waals surface area (Å²) in [6, 6.07) is 6.31. The lowest BCUT2D eigenvalue weighted by molar-refractivity contribution is 0.122. The highest BCUT2D eigenvalue weighted by Crippen LogP contribution is 2.47. The Morgan fingerprint density at radius 3 is 2.68 bits per heavy atom. The molecule has 1 aromatic heterocycles. The van der Waals surface area contributed by atoms with E-state index < -0.39 is 0 Å². The number of carbonyl (C=O) groups excluding carboxylic acids is 1. The number of nitrogens with one attached hydrogen (secondary N) is 1. The second-order valence-corrected chi connectivity index (χ2v) is 8.08. The number of amides is 2. The quantitative estimate of drug-likeness (QED) is 0.877. The Balaban J connectivity index is 1.30. The topological polar surface area (TPSA) is 74.5 Å². The van der Waals surface area contributed by atoms with Crippen LogP contribution < -0.4 is 5.32 Å². The molecule has 2 aromatic rings. The van der Waals surface area contributed by atoms with Crippen molar-refractivity contribution in [2.45, 2.75) is 38.8 Å². The monoisotopic (exact) mass is 387 g/mol. The Morgan fingerprint density at radius 1 is 1.32 bits per heavy atom. The third-order valence-electron chi connectivity index (χ3n) is 6.05. The summed E-state index contributed by atoms with van der Waals surface area (Å²) >= 11 is 0. The van der Waals surface area contributed by atoms with Crippen molar-refractivity contribution in [1.29, 1.82) is 0 Å². The number of halogens is 1. The average molecular weight is 387 g/mol. The zero-order chi connectivity index (χ0) is 19.7. The van der Waals surface area contributed by atoms with Gasteiger partial charge in [-0.05, 0) is 49.4 Å². The molecule has 0 bridgehead atoms. The number of rotatable bonds is 3. The minimum atomic E-state index is -0.271. The number of hydrogen-bond donors (Lipinski definition) is 1. The highest BCUT2D eigenvalue weighted by Gasteiger charge is 2.46. The molecule has 2 aliphatic heterocycles. The molecule has 28 heavy (non-hydrogen) atoms. The van der Waals surface area contributed by atoms with Gasteiger partial charge in [0.1, 0.15) is 5.82 Å². The fourth-order valence-corrected chi connectivity index (χ4v) is 4.45. The highest BCUT2D eigenvalue weighted by molar-refractivity contribution is 5.74. The maximum absolute atomic E-state index is 13.0. The predicted molar refractivity (Wildman–Crippen MR) is 101 cm³/mol. The lowest BCUT2D eigenvalue weighted by Gasteiger charge is -2.39. The molecule has 1 spiro atoms. The van der Waals surface area contributed by atoms with Crippen molar-refractivity contribution in [3.05, 3.63) is 47.4 Å². The molecule has 1 atom stereocenters. The molecule has 2 saturated heterocycles. The second kappa shape index (κ2) is 7.50. The Hall–Kier alpha value is -2.48. The molecule has 3 heterocycles. The summed E-state index contributed by atoms with van der Waals surface area (Å²) in [5.74, 6) is 1.08. The van der Waals surface area contributed by atoms with Crippen LogP contribution in [-0.4, -0.2) is 52.7 Å². The van der Waals surface area contributed by atoms with E-state index in [2.05, 4.69) is 27.4 Å². The van der Waals surface area contributed by atoms with Crippen molar-refractivity contribution in [3.8, 4) is 0 Å².